The van der Waals surface area contributed by atoms with Gasteiger partial charge < -0.3 is 9.47 Å². The van der Waals surface area contributed by atoms with Gasteiger partial charge in [-0.1, -0.05) is 26.7 Å². The van der Waals surface area contributed by atoms with Crippen LogP contribution in [0.2, 0.25) is 0 Å². The van der Waals surface area contributed by atoms with Crippen LogP contribution in [0.1, 0.15) is 49.9 Å². The molecule has 0 spiro atoms. The molecule has 0 aliphatic carbocycles. The lowest BCUT2D eigenvalue weighted by molar-refractivity contribution is 0.0954. The lowest BCUT2D eigenvalue weighted by atomic mass is 10.1. The Hall–Kier alpha value is -2.04. The summed E-state index contributed by atoms with van der Waals surface area (Å²) in [6.07, 6.45) is 3.83. The Labute approximate surface area is 126 Å². The van der Waals surface area contributed by atoms with E-state index >= 15 is 0 Å². The highest BCUT2D eigenvalue weighted by atomic mass is 16.5. The predicted octanol–water partition coefficient (Wildman–Crippen LogP) is 3.39. The van der Waals surface area contributed by atoms with E-state index in [-0.39, 0.29) is 5.91 Å². The molecule has 5 nitrogen and oxygen atoms in total. The van der Waals surface area contributed by atoms with Gasteiger partial charge in [0.15, 0.2) is 0 Å². The highest BCUT2D eigenvalue weighted by Gasteiger charge is 2.09. The van der Waals surface area contributed by atoms with Crippen LogP contribution in [-0.4, -0.2) is 25.8 Å². The molecule has 1 N–H and O–H groups in total. The Morgan fingerprint density at radius 3 is 2.00 bits per heavy atom. The number of methoxy groups -OCH3 is 2. The number of hydrazone groups is 1. The summed E-state index contributed by atoms with van der Waals surface area (Å²) in [6, 6.07) is 5.04. The van der Waals surface area contributed by atoms with E-state index in [9.17, 15) is 4.79 Å². The van der Waals surface area contributed by atoms with E-state index in [0.717, 1.165) is 31.4 Å². The van der Waals surface area contributed by atoms with Crippen molar-refractivity contribution in [1.82, 2.24) is 5.43 Å². The smallest absolute Gasteiger partial charge is 0.271 e. The minimum atomic E-state index is -0.267. The molecule has 1 aromatic rings. The molecule has 1 amide bonds. The molecule has 116 valence electrons. The van der Waals surface area contributed by atoms with E-state index in [2.05, 4.69) is 24.4 Å². The summed E-state index contributed by atoms with van der Waals surface area (Å²) >= 11 is 0. The molecular weight excluding hydrogens is 268 g/mol. The minimum absolute atomic E-state index is 0.267. The van der Waals surface area contributed by atoms with E-state index in [0.29, 0.717) is 17.1 Å². The molecule has 0 saturated heterocycles. The second kappa shape index (κ2) is 9.00. The van der Waals surface area contributed by atoms with Crippen LogP contribution in [0.3, 0.4) is 0 Å². The Bertz CT molecular complexity index is 468. The minimum Gasteiger partial charge on any atom is -0.497 e. The van der Waals surface area contributed by atoms with Crippen LogP contribution in [0.4, 0.5) is 0 Å². The molecule has 0 fully saturated rings. The maximum absolute atomic E-state index is 12.2. The maximum Gasteiger partial charge on any atom is 0.271 e. The zero-order valence-corrected chi connectivity index (χ0v) is 13.2. The van der Waals surface area contributed by atoms with E-state index in [1.54, 1.807) is 32.4 Å². The van der Waals surface area contributed by atoms with Crippen molar-refractivity contribution in [2.45, 2.75) is 39.5 Å². The van der Waals surface area contributed by atoms with Gasteiger partial charge in [-0.2, -0.15) is 5.10 Å². The number of hydrogen-bond donors (Lipinski definition) is 1. The first-order valence-corrected chi connectivity index (χ1v) is 7.23. The maximum atomic E-state index is 12.2. The average molecular weight is 292 g/mol. The van der Waals surface area contributed by atoms with E-state index in [1.807, 2.05) is 0 Å². The van der Waals surface area contributed by atoms with E-state index < -0.39 is 0 Å². The summed E-state index contributed by atoms with van der Waals surface area (Å²) in [5, 5.41) is 4.23. The Kier molecular flexibility index (Phi) is 7.29. The fraction of sp³-hybridized carbons (Fsp3) is 0.500. The number of amides is 1. The van der Waals surface area contributed by atoms with Crippen molar-refractivity contribution in [3.8, 4) is 11.5 Å². The monoisotopic (exact) mass is 292 g/mol. The summed E-state index contributed by atoms with van der Waals surface area (Å²) in [5.74, 6) is 0.883. The van der Waals surface area contributed by atoms with Crippen LogP contribution in [0.25, 0.3) is 0 Å². The molecule has 0 saturated carbocycles. The van der Waals surface area contributed by atoms with Crippen molar-refractivity contribution in [2.24, 2.45) is 5.10 Å². The van der Waals surface area contributed by atoms with Gasteiger partial charge in [0.2, 0.25) is 0 Å². The van der Waals surface area contributed by atoms with Crippen molar-refractivity contribution in [1.29, 1.82) is 0 Å². The van der Waals surface area contributed by atoms with Gasteiger partial charge in [0.1, 0.15) is 11.5 Å². The van der Waals surface area contributed by atoms with Gasteiger partial charge in [0.05, 0.1) is 14.2 Å². The van der Waals surface area contributed by atoms with Crippen molar-refractivity contribution in [3.63, 3.8) is 0 Å². The molecule has 1 rings (SSSR count). The first-order valence-electron chi connectivity index (χ1n) is 7.23. The normalized spacial score (nSPS) is 9.90. The molecule has 5 heteroatoms. The van der Waals surface area contributed by atoms with Crippen molar-refractivity contribution < 1.29 is 14.3 Å². The molecule has 0 heterocycles. The third kappa shape index (κ3) is 5.45. The van der Waals surface area contributed by atoms with Gasteiger partial charge >= 0.3 is 0 Å². The molecule has 21 heavy (non-hydrogen) atoms. The second-order valence-corrected chi connectivity index (χ2v) is 4.72. The van der Waals surface area contributed by atoms with Gasteiger partial charge in [-0.25, -0.2) is 5.43 Å². The van der Waals surface area contributed by atoms with Crippen molar-refractivity contribution in [2.75, 3.05) is 14.2 Å². The van der Waals surface area contributed by atoms with Gasteiger partial charge in [0.25, 0.3) is 5.91 Å². The fourth-order valence-corrected chi connectivity index (χ4v) is 1.95. The van der Waals surface area contributed by atoms with Crippen LogP contribution in [0.15, 0.2) is 23.3 Å². The molecule has 0 atom stereocenters. The number of carbonyl (C=O) groups excluding carboxylic acids is 1. The molecule has 0 bridgehead atoms. The Morgan fingerprint density at radius 1 is 1.05 bits per heavy atom. The fourth-order valence-electron chi connectivity index (χ4n) is 1.95. The molecular formula is C16H24N2O3. The first kappa shape index (κ1) is 17.0. The average Bonchev–Trinajstić information content (AvgIpc) is 2.52. The highest BCUT2D eigenvalue weighted by molar-refractivity contribution is 5.96. The first-order chi connectivity index (χ1) is 10.1. The van der Waals surface area contributed by atoms with Crippen LogP contribution < -0.4 is 14.9 Å². The third-order valence-electron chi connectivity index (χ3n) is 3.01. The van der Waals surface area contributed by atoms with Crippen LogP contribution in [0, 0.1) is 0 Å². The van der Waals surface area contributed by atoms with Gasteiger partial charge in [-0.15, -0.1) is 0 Å². The number of rotatable bonds is 8. The molecule has 0 unspecified atom stereocenters. The van der Waals surface area contributed by atoms with Gasteiger partial charge in [0, 0.05) is 17.3 Å². The summed E-state index contributed by atoms with van der Waals surface area (Å²) in [6.45, 7) is 4.19. The number of benzene rings is 1. The SMILES string of the molecule is CCCC(CCC)=NNC(=O)c1cc(OC)cc(OC)c1. The summed E-state index contributed by atoms with van der Waals surface area (Å²) in [7, 11) is 3.10. The summed E-state index contributed by atoms with van der Waals surface area (Å²) in [4.78, 5) is 12.2. The number of nitrogens with zero attached hydrogens (tertiary/aromatic N) is 1. The zero-order chi connectivity index (χ0) is 15.7. The molecule has 1 aromatic carbocycles. The largest absolute Gasteiger partial charge is 0.497 e. The quantitative estimate of drug-likeness (QED) is 0.590. The molecule has 0 aromatic heterocycles. The molecule has 0 aliphatic heterocycles. The van der Waals surface area contributed by atoms with Crippen molar-refractivity contribution >= 4 is 11.6 Å². The highest BCUT2D eigenvalue weighted by Crippen LogP contribution is 2.22. The number of carbonyl (C=O) groups is 1. The second-order valence-electron chi connectivity index (χ2n) is 4.72. The topological polar surface area (TPSA) is 59.9 Å². The lowest BCUT2D eigenvalue weighted by Gasteiger charge is -2.08. The Morgan fingerprint density at radius 2 is 1.57 bits per heavy atom. The van der Waals surface area contributed by atoms with Gasteiger partial charge in [-0.05, 0) is 25.0 Å². The van der Waals surface area contributed by atoms with Crippen LogP contribution in [-0.2, 0) is 0 Å². The van der Waals surface area contributed by atoms with Gasteiger partial charge in [-0.3, -0.25) is 4.79 Å². The zero-order valence-electron chi connectivity index (χ0n) is 13.2. The number of hydrogen-bond acceptors (Lipinski definition) is 4. The lowest BCUT2D eigenvalue weighted by Crippen LogP contribution is -2.20. The summed E-state index contributed by atoms with van der Waals surface area (Å²) < 4.78 is 10.3. The van der Waals surface area contributed by atoms with Crippen LogP contribution in [0.5, 0.6) is 11.5 Å². The molecule has 0 radical (unpaired) electrons. The standard InChI is InChI=1S/C16H24N2O3/c1-5-7-13(8-6-2)17-18-16(19)12-9-14(20-3)11-15(10-12)21-4/h9-11H,5-8H2,1-4H3,(H,18,19). The van der Waals surface area contributed by atoms with E-state index in [1.165, 1.54) is 0 Å². The number of ether oxygens (including phenoxy) is 2. The predicted molar refractivity (Wildman–Crippen MR) is 84.3 cm³/mol. The van der Waals surface area contributed by atoms with Crippen molar-refractivity contribution in [3.05, 3.63) is 23.8 Å². The van der Waals surface area contributed by atoms with Crippen LogP contribution >= 0.6 is 0 Å². The number of nitrogens with one attached hydrogen (secondary N) is 1. The Balaban J connectivity index is 2.85. The summed E-state index contributed by atoms with van der Waals surface area (Å²) in [5.41, 5.74) is 4.09. The van der Waals surface area contributed by atoms with E-state index in [4.69, 9.17) is 9.47 Å². The molecule has 0 aliphatic rings. The third-order valence-corrected chi connectivity index (χ3v) is 3.01.